The zero-order valence-electron chi connectivity index (χ0n) is 12.8. The Morgan fingerprint density at radius 2 is 2.04 bits per heavy atom. The van der Waals surface area contributed by atoms with E-state index in [1.54, 1.807) is 16.2 Å². The van der Waals surface area contributed by atoms with Crippen LogP contribution in [0.25, 0.3) is 0 Å². The van der Waals surface area contributed by atoms with Crippen molar-refractivity contribution in [2.45, 2.75) is 25.1 Å². The third kappa shape index (κ3) is 3.56. The summed E-state index contributed by atoms with van der Waals surface area (Å²) < 4.78 is 44.0. The van der Waals surface area contributed by atoms with Gasteiger partial charge in [0.2, 0.25) is 0 Å². The lowest BCUT2D eigenvalue weighted by atomic mass is 10.2. The first-order valence-electron chi connectivity index (χ1n) is 7.58. The van der Waals surface area contributed by atoms with Gasteiger partial charge in [0, 0.05) is 11.4 Å². The Morgan fingerprint density at radius 3 is 2.75 bits per heavy atom. The summed E-state index contributed by atoms with van der Waals surface area (Å²) in [7, 11) is 0. The number of rotatable bonds is 4. The largest absolute Gasteiger partial charge is 0.483 e. The molecule has 1 aliphatic rings. The summed E-state index contributed by atoms with van der Waals surface area (Å²) in [6.45, 7) is 0.209. The van der Waals surface area contributed by atoms with Crippen LogP contribution in [-0.2, 0) is 11.0 Å². The minimum Gasteiger partial charge on any atom is -0.483 e. The van der Waals surface area contributed by atoms with Crippen molar-refractivity contribution in [3.05, 3.63) is 52.2 Å². The van der Waals surface area contributed by atoms with Crippen molar-refractivity contribution in [1.29, 1.82) is 0 Å². The van der Waals surface area contributed by atoms with Gasteiger partial charge >= 0.3 is 6.18 Å². The summed E-state index contributed by atoms with van der Waals surface area (Å²) in [6.07, 6.45) is -2.76. The van der Waals surface area contributed by atoms with Crippen LogP contribution in [0.15, 0.2) is 41.8 Å². The second kappa shape index (κ2) is 6.84. The summed E-state index contributed by atoms with van der Waals surface area (Å²) >= 11 is 1.58. The maximum absolute atomic E-state index is 12.9. The molecule has 0 saturated carbocycles. The van der Waals surface area contributed by atoms with Gasteiger partial charge in [0.1, 0.15) is 5.75 Å². The fourth-order valence-corrected chi connectivity index (χ4v) is 3.76. The molecule has 3 nitrogen and oxygen atoms in total. The van der Waals surface area contributed by atoms with Crippen molar-refractivity contribution < 1.29 is 22.7 Å². The minimum atomic E-state index is -4.51. The first-order chi connectivity index (χ1) is 11.5. The van der Waals surface area contributed by atoms with Crippen LogP contribution in [0.2, 0.25) is 0 Å². The third-order valence-electron chi connectivity index (χ3n) is 3.99. The van der Waals surface area contributed by atoms with E-state index >= 15 is 0 Å². The number of ether oxygens (including phenoxy) is 1. The second-order valence-electron chi connectivity index (χ2n) is 5.54. The normalized spacial score (nSPS) is 18.0. The SMILES string of the molecule is O=C(COc1ccccc1C(F)(F)F)N1CCC[C@@H]1c1cccs1. The highest BCUT2D eigenvalue weighted by Gasteiger charge is 2.35. The molecule has 1 aliphatic heterocycles. The Kier molecular flexibility index (Phi) is 4.80. The second-order valence-corrected chi connectivity index (χ2v) is 6.52. The van der Waals surface area contributed by atoms with Gasteiger partial charge in [-0.05, 0) is 36.4 Å². The van der Waals surface area contributed by atoms with Gasteiger partial charge in [0.15, 0.2) is 6.61 Å². The summed E-state index contributed by atoms with van der Waals surface area (Å²) in [5.41, 5.74) is -0.867. The molecular weight excluding hydrogens is 339 g/mol. The number of hydrogen-bond donors (Lipinski definition) is 0. The number of carbonyl (C=O) groups excluding carboxylic acids is 1. The van der Waals surface area contributed by atoms with Gasteiger partial charge in [-0.3, -0.25) is 4.79 Å². The van der Waals surface area contributed by atoms with Gasteiger partial charge in [0.25, 0.3) is 5.91 Å². The van der Waals surface area contributed by atoms with Crippen LogP contribution >= 0.6 is 11.3 Å². The van der Waals surface area contributed by atoms with Crippen molar-refractivity contribution in [3.8, 4) is 5.75 Å². The van der Waals surface area contributed by atoms with Crippen LogP contribution in [-0.4, -0.2) is 24.0 Å². The number of benzene rings is 1. The maximum Gasteiger partial charge on any atom is 0.419 e. The van der Waals surface area contributed by atoms with Crippen LogP contribution in [0.1, 0.15) is 29.3 Å². The Bertz CT molecular complexity index is 700. The topological polar surface area (TPSA) is 29.5 Å². The van der Waals surface area contributed by atoms with Crippen molar-refractivity contribution in [2.24, 2.45) is 0 Å². The molecule has 1 aromatic carbocycles. The predicted molar refractivity (Wildman–Crippen MR) is 84.9 cm³/mol. The number of para-hydroxylation sites is 1. The molecule has 1 aromatic heterocycles. The van der Waals surface area contributed by atoms with Gasteiger partial charge in [-0.2, -0.15) is 13.2 Å². The van der Waals surface area contributed by atoms with Crippen molar-refractivity contribution >= 4 is 17.2 Å². The highest BCUT2D eigenvalue weighted by Crippen LogP contribution is 2.37. The number of carbonyl (C=O) groups is 1. The highest BCUT2D eigenvalue weighted by molar-refractivity contribution is 7.10. The first kappa shape index (κ1) is 16.8. The Labute approximate surface area is 141 Å². The molecule has 7 heteroatoms. The van der Waals surface area contributed by atoms with Crippen LogP contribution in [0.5, 0.6) is 5.75 Å². The molecular formula is C17H16F3NO2S. The molecule has 0 aliphatic carbocycles. The molecule has 0 radical (unpaired) electrons. The molecule has 0 unspecified atom stereocenters. The van der Waals surface area contributed by atoms with Gasteiger partial charge < -0.3 is 9.64 Å². The zero-order chi connectivity index (χ0) is 17.2. The van der Waals surface area contributed by atoms with E-state index in [4.69, 9.17) is 4.74 Å². The number of alkyl halides is 3. The summed E-state index contributed by atoms with van der Waals surface area (Å²) in [6, 6.07) is 8.84. The van der Waals surface area contributed by atoms with E-state index in [0.29, 0.717) is 6.54 Å². The monoisotopic (exact) mass is 355 g/mol. The number of hydrogen-bond acceptors (Lipinski definition) is 3. The van der Waals surface area contributed by atoms with Gasteiger partial charge in [-0.1, -0.05) is 18.2 Å². The molecule has 0 N–H and O–H groups in total. The van der Waals surface area contributed by atoms with Crippen molar-refractivity contribution in [3.63, 3.8) is 0 Å². The van der Waals surface area contributed by atoms with E-state index in [1.807, 2.05) is 17.5 Å². The lowest BCUT2D eigenvalue weighted by Gasteiger charge is -2.24. The molecule has 128 valence electrons. The summed E-state index contributed by atoms with van der Waals surface area (Å²) in [4.78, 5) is 15.2. The average Bonchev–Trinajstić information content (AvgIpc) is 3.22. The van der Waals surface area contributed by atoms with E-state index in [0.717, 1.165) is 23.8 Å². The standard InChI is InChI=1S/C17H16F3NO2S/c18-17(19,20)12-5-1-2-7-14(12)23-11-16(22)21-9-3-6-13(21)15-8-4-10-24-15/h1-2,4-5,7-8,10,13H,3,6,9,11H2/t13-/m1/s1. The van der Waals surface area contributed by atoms with Crippen molar-refractivity contribution in [1.82, 2.24) is 4.90 Å². The van der Waals surface area contributed by atoms with Crippen LogP contribution in [0.3, 0.4) is 0 Å². The molecule has 24 heavy (non-hydrogen) atoms. The van der Waals surface area contributed by atoms with Gasteiger partial charge in [0.05, 0.1) is 11.6 Å². The van der Waals surface area contributed by atoms with Crippen LogP contribution in [0, 0.1) is 0 Å². The smallest absolute Gasteiger partial charge is 0.419 e. The Morgan fingerprint density at radius 1 is 1.25 bits per heavy atom. The Hall–Kier alpha value is -2.02. The number of amides is 1. The molecule has 1 atom stereocenters. The zero-order valence-corrected chi connectivity index (χ0v) is 13.6. The molecule has 2 aromatic rings. The molecule has 1 fully saturated rings. The van der Waals surface area contributed by atoms with E-state index in [9.17, 15) is 18.0 Å². The molecule has 0 bridgehead atoms. The molecule has 2 heterocycles. The molecule has 1 saturated heterocycles. The third-order valence-corrected chi connectivity index (χ3v) is 4.96. The van der Waals surface area contributed by atoms with E-state index in [2.05, 4.69) is 0 Å². The number of thiophene rings is 1. The number of nitrogens with zero attached hydrogens (tertiary/aromatic N) is 1. The molecule has 1 amide bonds. The number of likely N-dealkylation sites (tertiary alicyclic amines) is 1. The van der Waals surface area contributed by atoms with Crippen LogP contribution in [0.4, 0.5) is 13.2 Å². The Balaban J connectivity index is 1.68. The van der Waals surface area contributed by atoms with E-state index < -0.39 is 18.3 Å². The summed E-state index contributed by atoms with van der Waals surface area (Å²) in [5.74, 6) is -0.604. The highest BCUT2D eigenvalue weighted by atomic mass is 32.1. The maximum atomic E-state index is 12.9. The lowest BCUT2D eigenvalue weighted by Crippen LogP contribution is -2.34. The quantitative estimate of drug-likeness (QED) is 0.808. The average molecular weight is 355 g/mol. The first-order valence-corrected chi connectivity index (χ1v) is 8.46. The predicted octanol–water partition coefficient (Wildman–Crippen LogP) is 4.51. The van der Waals surface area contributed by atoms with Gasteiger partial charge in [-0.15, -0.1) is 11.3 Å². The summed E-state index contributed by atoms with van der Waals surface area (Å²) in [5, 5.41) is 1.95. The van der Waals surface area contributed by atoms with Crippen LogP contribution < -0.4 is 4.74 Å². The fraction of sp³-hybridized carbons (Fsp3) is 0.353. The van der Waals surface area contributed by atoms with E-state index in [-0.39, 0.29) is 17.7 Å². The number of halogens is 3. The fourth-order valence-electron chi connectivity index (χ4n) is 2.89. The van der Waals surface area contributed by atoms with E-state index in [1.165, 1.54) is 18.2 Å². The lowest BCUT2D eigenvalue weighted by molar-refractivity contribution is -0.141. The van der Waals surface area contributed by atoms with Crippen molar-refractivity contribution in [2.75, 3.05) is 13.2 Å². The van der Waals surface area contributed by atoms with Gasteiger partial charge in [-0.25, -0.2) is 0 Å². The molecule has 0 spiro atoms. The molecule has 3 rings (SSSR count). The minimum absolute atomic E-state index is 0.000963.